The maximum atomic E-state index is 13.0. The minimum absolute atomic E-state index is 0.102. The molecule has 1 aliphatic heterocycles. The molecule has 0 bridgehead atoms. The van der Waals surface area contributed by atoms with Crippen molar-refractivity contribution in [3.8, 4) is 0 Å². The van der Waals surface area contributed by atoms with E-state index in [2.05, 4.69) is 26.7 Å². The van der Waals surface area contributed by atoms with Crippen molar-refractivity contribution in [1.82, 2.24) is 29.2 Å². The van der Waals surface area contributed by atoms with Crippen molar-refractivity contribution in [1.29, 1.82) is 0 Å². The van der Waals surface area contributed by atoms with Gasteiger partial charge in [0.15, 0.2) is 5.82 Å². The lowest BCUT2D eigenvalue weighted by Crippen LogP contribution is -2.42. The molecule has 0 N–H and O–H groups in total. The number of benzene rings is 1. The van der Waals surface area contributed by atoms with Crippen molar-refractivity contribution in [3.05, 3.63) is 41.7 Å². The first-order valence-electron chi connectivity index (χ1n) is 9.25. The maximum Gasteiger partial charge on any atom is 0.243 e. The number of para-hydroxylation sites is 2. The van der Waals surface area contributed by atoms with Gasteiger partial charge in [0.2, 0.25) is 5.91 Å². The van der Waals surface area contributed by atoms with Crippen molar-refractivity contribution in [2.24, 2.45) is 0 Å². The van der Waals surface area contributed by atoms with Gasteiger partial charge >= 0.3 is 0 Å². The van der Waals surface area contributed by atoms with Gasteiger partial charge in [-0.2, -0.15) is 0 Å². The van der Waals surface area contributed by atoms with Gasteiger partial charge < -0.3 is 14.0 Å². The highest BCUT2D eigenvalue weighted by Gasteiger charge is 2.35. The third-order valence-electron chi connectivity index (χ3n) is 5.48. The Hall–Kier alpha value is -2.70. The summed E-state index contributed by atoms with van der Waals surface area (Å²) >= 11 is 0. The van der Waals surface area contributed by atoms with Crippen LogP contribution in [-0.4, -0.2) is 41.7 Å². The van der Waals surface area contributed by atoms with Gasteiger partial charge in [0.1, 0.15) is 18.2 Å². The molecule has 2 aliphatic rings. The third-order valence-corrected chi connectivity index (χ3v) is 5.48. The molecule has 1 fully saturated rings. The van der Waals surface area contributed by atoms with Gasteiger partial charge in [-0.3, -0.25) is 4.79 Å². The van der Waals surface area contributed by atoms with Crippen LogP contribution in [0.15, 0.2) is 24.3 Å². The molecule has 1 aliphatic carbocycles. The van der Waals surface area contributed by atoms with Crippen LogP contribution in [0.3, 0.4) is 0 Å². The SMILES string of the molecule is Cc1nc2ccccc2n1CC(=O)N1Cc2nnc(C3CC3)n2[C@@H](C)C1. The first-order chi connectivity index (χ1) is 12.6. The molecule has 1 saturated carbocycles. The second-order valence-corrected chi connectivity index (χ2v) is 7.48. The summed E-state index contributed by atoms with van der Waals surface area (Å²) in [6.45, 7) is 5.65. The van der Waals surface area contributed by atoms with E-state index >= 15 is 0 Å². The van der Waals surface area contributed by atoms with Gasteiger partial charge in [-0.05, 0) is 38.8 Å². The Labute approximate surface area is 151 Å². The standard InChI is InChI=1S/C19H22N6O/c1-12-9-23(10-17-21-22-19(25(12)17)14-7-8-14)18(26)11-24-13(2)20-15-5-3-4-6-16(15)24/h3-6,12,14H,7-11H2,1-2H3/t12-/m0/s1. The molecule has 2 aromatic heterocycles. The normalized spacial score (nSPS) is 19.8. The average molecular weight is 350 g/mol. The Bertz CT molecular complexity index is 999. The number of carbonyl (C=O) groups is 1. The van der Waals surface area contributed by atoms with E-state index in [1.807, 2.05) is 40.7 Å². The second-order valence-electron chi connectivity index (χ2n) is 7.48. The predicted octanol–water partition coefficient (Wildman–Crippen LogP) is 2.42. The van der Waals surface area contributed by atoms with Gasteiger partial charge in [0.05, 0.1) is 23.6 Å². The zero-order chi connectivity index (χ0) is 17.8. The number of amides is 1. The molecule has 3 heterocycles. The van der Waals surface area contributed by atoms with E-state index < -0.39 is 0 Å². The third kappa shape index (κ3) is 2.41. The maximum absolute atomic E-state index is 13.0. The summed E-state index contributed by atoms with van der Waals surface area (Å²) in [5, 5.41) is 8.76. The van der Waals surface area contributed by atoms with Crippen molar-refractivity contribution in [2.45, 2.75) is 51.7 Å². The van der Waals surface area contributed by atoms with Gasteiger partial charge in [-0.15, -0.1) is 10.2 Å². The highest BCUT2D eigenvalue weighted by atomic mass is 16.2. The van der Waals surface area contributed by atoms with E-state index in [0.29, 0.717) is 25.6 Å². The summed E-state index contributed by atoms with van der Waals surface area (Å²) in [6.07, 6.45) is 2.42. The molecule has 1 atom stereocenters. The van der Waals surface area contributed by atoms with Crippen molar-refractivity contribution in [3.63, 3.8) is 0 Å². The monoisotopic (exact) mass is 350 g/mol. The topological polar surface area (TPSA) is 68.8 Å². The summed E-state index contributed by atoms with van der Waals surface area (Å²) in [5.74, 6) is 3.55. The van der Waals surface area contributed by atoms with Crippen LogP contribution < -0.4 is 0 Å². The molecule has 7 nitrogen and oxygen atoms in total. The largest absolute Gasteiger partial charge is 0.332 e. The summed E-state index contributed by atoms with van der Waals surface area (Å²) in [5.41, 5.74) is 1.93. The van der Waals surface area contributed by atoms with E-state index in [1.54, 1.807) is 0 Å². The van der Waals surface area contributed by atoms with Crippen LogP contribution in [0.1, 0.15) is 49.2 Å². The van der Waals surface area contributed by atoms with E-state index in [0.717, 1.165) is 28.5 Å². The Morgan fingerprint density at radius 3 is 2.85 bits per heavy atom. The summed E-state index contributed by atoms with van der Waals surface area (Å²) in [7, 11) is 0. The molecule has 1 amide bonds. The number of hydrogen-bond donors (Lipinski definition) is 0. The molecule has 0 spiro atoms. The van der Waals surface area contributed by atoms with Crippen molar-refractivity contribution < 1.29 is 4.79 Å². The number of hydrogen-bond acceptors (Lipinski definition) is 4. The Morgan fingerprint density at radius 2 is 2.04 bits per heavy atom. The number of nitrogens with zero attached hydrogens (tertiary/aromatic N) is 6. The Balaban J connectivity index is 1.40. The molecule has 26 heavy (non-hydrogen) atoms. The lowest BCUT2D eigenvalue weighted by Gasteiger charge is -2.33. The van der Waals surface area contributed by atoms with Gasteiger partial charge in [0.25, 0.3) is 0 Å². The Kier molecular flexibility index (Phi) is 3.38. The zero-order valence-corrected chi connectivity index (χ0v) is 15.1. The van der Waals surface area contributed by atoms with Crippen LogP contribution >= 0.6 is 0 Å². The molecular weight excluding hydrogens is 328 g/mol. The minimum Gasteiger partial charge on any atom is -0.332 e. The Morgan fingerprint density at radius 1 is 1.23 bits per heavy atom. The average Bonchev–Trinajstić information content (AvgIpc) is 3.31. The smallest absolute Gasteiger partial charge is 0.243 e. The number of aryl methyl sites for hydroxylation is 1. The number of imidazole rings is 1. The molecule has 5 rings (SSSR count). The van der Waals surface area contributed by atoms with E-state index in [1.165, 1.54) is 12.8 Å². The number of aromatic nitrogens is 5. The van der Waals surface area contributed by atoms with Crippen LogP contribution in [0.5, 0.6) is 0 Å². The fourth-order valence-electron chi connectivity index (χ4n) is 4.00. The first kappa shape index (κ1) is 15.5. The van der Waals surface area contributed by atoms with Crippen molar-refractivity contribution >= 4 is 16.9 Å². The van der Waals surface area contributed by atoms with Gasteiger partial charge in [-0.1, -0.05) is 12.1 Å². The fraction of sp³-hybridized carbons (Fsp3) is 0.474. The highest BCUT2D eigenvalue weighted by molar-refractivity contribution is 5.81. The number of rotatable bonds is 3. The second kappa shape index (κ2) is 5.65. The van der Waals surface area contributed by atoms with E-state index in [-0.39, 0.29) is 11.9 Å². The van der Waals surface area contributed by atoms with Crippen LogP contribution in [0.4, 0.5) is 0 Å². The van der Waals surface area contributed by atoms with Crippen molar-refractivity contribution in [2.75, 3.05) is 6.54 Å². The quantitative estimate of drug-likeness (QED) is 0.727. The molecule has 0 saturated heterocycles. The zero-order valence-electron chi connectivity index (χ0n) is 15.1. The number of carbonyl (C=O) groups excluding carboxylic acids is 1. The van der Waals surface area contributed by atoms with E-state index in [4.69, 9.17) is 0 Å². The molecule has 1 aromatic carbocycles. The van der Waals surface area contributed by atoms with Crippen LogP contribution in [0.25, 0.3) is 11.0 Å². The first-order valence-corrected chi connectivity index (χ1v) is 9.25. The predicted molar refractivity (Wildman–Crippen MR) is 96.6 cm³/mol. The van der Waals surface area contributed by atoms with E-state index in [9.17, 15) is 4.79 Å². The summed E-state index contributed by atoms with van der Waals surface area (Å²) in [4.78, 5) is 19.4. The highest BCUT2D eigenvalue weighted by Crippen LogP contribution is 2.41. The molecule has 7 heteroatoms. The molecular formula is C19H22N6O. The summed E-state index contributed by atoms with van der Waals surface area (Å²) in [6, 6.07) is 8.16. The van der Waals surface area contributed by atoms with Gasteiger partial charge in [-0.25, -0.2) is 4.98 Å². The van der Waals surface area contributed by atoms with Crippen LogP contribution in [-0.2, 0) is 17.9 Å². The molecule has 0 radical (unpaired) electrons. The van der Waals surface area contributed by atoms with Crippen LogP contribution in [0.2, 0.25) is 0 Å². The summed E-state index contributed by atoms with van der Waals surface area (Å²) < 4.78 is 4.25. The minimum atomic E-state index is 0.102. The van der Waals surface area contributed by atoms with Gasteiger partial charge in [0, 0.05) is 12.5 Å². The lowest BCUT2D eigenvalue weighted by molar-refractivity contribution is -0.133. The fourth-order valence-corrected chi connectivity index (χ4v) is 4.00. The van der Waals surface area contributed by atoms with Crippen LogP contribution in [0, 0.1) is 6.92 Å². The molecule has 0 unspecified atom stereocenters. The number of fused-ring (bicyclic) bond motifs is 2. The molecule has 134 valence electrons. The lowest BCUT2D eigenvalue weighted by atomic mass is 10.2. The molecule has 3 aromatic rings.